The first-order chi connectivity index (χ1) is 5.20. The molecule has 0 aromatic heterocycles. The monoisotopic (exact) mass is 175 g/mol. The molecule has 0 radical (unpaired) electrons. The molecule has 0 saturated carbocycles. The molecule has 0 heterocycles. The summed E-state index contributed by atoms with van der Waals surface area (Å²) in [4.78, 5) is 0. The summed E-state index contributed by atoms with van der Waals surface area (Å²) in [5.41, 5.74) is 0. The highest BCUT2D eigenvalue weighted by Gasteiger charge is 2.08. The quantitative estimate of drug-likeness (QED) is 0.627. The molecule has 0 bridgehead atoms. The highest BCUT2D eigenvalue weighted by atomic mass is 32.2. The van der Waals surface area contributed by atoms with E-state index in [0.717, 1.165) is 5.92 Å². The molecule has 1 nitrogen and oxygen atoms in total. The van der Waals surface area contributed by atoms with E-state index >= 15 is 0 Å². The van der Waals surface area contributed by atoms with Crippen molar-refractivity contribution < 1.29 is 0 Å². The summed E-state index contributed by atoms with van der Waals surface area (Å²) in [7, 11) is 0. The molecule has 0 rings (SSSR count). The molecule has 0 aromatic carbocycles. The van der Waals surface area contributed by atoms with E-state index in [1.807, 2.05) is 0 Å². The summed E-state index contributed by atoms with van der Waals surface area (Å²) in [6.45, 7) is 6.75. The van der Waals surface area contributed by atoms with Crippen molar-refractivity contribution in [2.45, 2.75) is 51.7 Å². The average Bonchev–Trinajstić information content (AvgIpc) is 1.97. The summed E-state index contributed by atoms with van der Waals surface area (Å²) in [6, 6.07) is 0. The zero-order chi connectivity index (χ0) is 8.69. The first-order valence-electron chi connectivity index (χ1n) is 4.56. The van der Waals surface area contributed by atoms with Gasteiger partial charge < -0.3 is 0 Å². The number of unbranched alkanes of at least 4 members (excludes halogenated alkanes) is 1. The standard InChI is InChI=1S/C9H21NS/c1-4-5-6-9(11-10)7-8(2)3/h8-9H,4-7,10H2,1-3H3. The van der Waals surface area contributed by atoms with Crippen LogP contribution in [0, 0.1) is 5.92 Å². The first-order valence-corrected chi connectivity index (χ1v) is 5.50. The molecule has 0 aromatic rings. The number of rotatable bonds is 6. The number of hydrogen-bond acceptors (Lipinski definition) is 2. The molecule has 0 amide bonds. The van der Waals surface area contributed by atoms with Gasteiger partial charge in [-0.1, -0.05) is 45.6 Å². The molecule has 1 unspecified atom stereocenters. The lowest BCUT2D eigenvalue weighted by atomic mass is 10.0. The molecular weight excluding hydrogens is 154 g/mol. The Balaban J connectivity index is 3.41. The SMILES string of the molecule is CCCCC(CC(C)C)SN. The van der Waals surface area contributed by atoms with E-state index < -0.39 is 0 Å². The van der Waals surface area contributed by atoms with Crippen molar-refractivity contribution in [3.05, 3.63) is 0 Å². The Bertz CT molecular complexity index is 83.6. The van der Waals surface area contributed by atoms with Crippen LogP contribution in [0.25, 0.3) is 0 Å². The van der Waals surface area contributed by atoms with E-state index in [1.54, 1.807) is 0 Å². The van der Waals surface area contributed by atoms with E-state index in [2.05, 4.69) is 20.8 Å². The third kappa shape index (κ3) is 6.70. The largest absolute Gasteiger partial charge is 0.278 e. The lowest BCUT2D eigenvalue weighted by Gasteiger charge is -2.15. The van der Waals surface area contributed by atoms with Crippen LogP contribution < -0.4 is 5.14 Å². The summed E-state index contributed by atoms with van der Waals surface area (Å²) in [5, 5.41) is 6.27. The van der Waals surface area contributed by atoms with Crippen LogP contribution in [0.4, 0.5) is 0 Å². The normalized spacial score (nSPS) is 13.9. The lowest BCUT2D eigenvalue weighted by Crippen LogP contribution is -2.09. The van der Waals surface area contributed by atoms with Gasteiger partial charge in [-0.25, -0.2) is 0 Å². The first kappa shape index (κ1) is 11.3. The van der Waals surface area contributed by atoms with Gasteiger partial charge in [-0.05, 0) is 18.8 Å². The Hall–Kier alpha value is 0.310. The molecular formula is C9H21NS. The van der Waals surface area contributed by atoms with Crippen LogP contribution in [0.15, 0.2) is 0 Å². The minimum absolute atomic E-state index is 0.690. The lowest BCUT2D eigenvalue weighted by molar-refractivity contribution is 0.536. The Morgan fingerprint density at radius 1 is 1.36 bits per heavy atom. The van der Waals surface area contributed by atoms with Crippen molar-refractivity contribution in [1.82, 2.24) is 0 Å². The van der Waals surface area contributed by atoms with Gasteiger partial charge in [-0.2, -0.15) is 0 Å². The van der Waals surface area contributed by atoms with Crippen LogP contribution >= 0.6 is 11.9 Å². The Morgan fingerprint density at radius 3 is 2.36 bits per heavy atom. The Labute approximate surface area is 75.3 Å². The van der Waals surface area contributed by atoms with Crippen LogP contribution in [0.1, 0.15) is 46.5 Å². The second-order valence-electron chi connectivity index (χ2n) is 3.53. The minimum atomic E-state index is 0.690. The van der Waals surface area contributed by atoms with Crippen molar-refractivity contribution in [2.24, 2.45) is 11.1 Å². The summed E-state index contributed by atoms with van der Waals surface area (Å²) in [5.74, 6) is 0.785. The Kier molecular flexibility index (Phi) is 7.18. The maximum Gasteiger partial charge on any atom is 0.0193 e. The minimum Gasteiger partial charge on any atom is -0.278 e. The van der Waals surface area contributed by atoms with Crippen LogP contribution in [0.5, 0.6) is 0 Å². The number of hydrogen-bond donors (Lipinski definition) is 1. The van der Waals surface area contributed by atoms with Gasteiger partial charge in [0.15, 0.2) is 0 Å². The number of nitrogens with two attached hydrogens (primary N) is 1. The zero-order valence-electron chi connectivity index (χ0n) is 7.97. The van der Waals surface area contributed by atoms with Crippen molar-refractivity contribution in [2.75, 3.05) is 0 Å². The van der Waals surface area contributed by atoms with Crippen molar-refractivity contribution in [1.29, 1.82) is 0 Å². The van der Waals surface area contributed by atoms with Gasteiger partial charge in [0.05, 0.1) is 0 Å². The third-order valence-corrected chi connectivity index (χ3v) is 2.62. The summed E-state index contributed by atoms with van der Waals surface area (Å²) < 4.78 is 0. The fourth-order valence-corrected chi connectivity index (χ4v) is 2.00. The van der Waals surface area contributed by atoms with Crippen LogP contribution in [-0.4, -0.2) is 5.25 Å². The van der Waals surface area contributed by atoms with Crippen LogP contribution in [0.3, 0.4) is 0 Å². The van der Waals surface area contributed by atoms with Gasteiger partial charge in [0.2, 0.25) is 0 Å². The van der Waals surface area contributed by atoms with Gasteiger partial charge in [0.1, 0.15) is 0 Å². The average molecular weight is 175 g/mol. The predicted octanol–water partition coefficient (Wildman–Crippen LogP) is 3.20. The molecule has 0 aliphatic carbocycles. The second-order valence-corrected chi connectivity index (χ2v) is 4.47. The van der Waals surface area contributed by atoms with Gasteiger partial charge in [-0.15, -0.1) is 0 Å². The van der Waals surface area contributed by atoms with Crippen molar-refractivity contribution >= 4 is 11.9 Å². The third-order valence-electron chi connectivity index (χ3n) is 1.81. The van der Waals surface area contributed by atoms with E-state index in [4.69, 9.17) is 5.14 Å². The molecule has 2 heteroatoms. The molecule has 0 saturated heterocycles. The maximum atomic E-state index is 5.58. The van der Waals surface area contributed by atoms with Crippen LogP contribution in [0.2, 0.25) is 0 Å². The molecule has 1 atom stereocenters. The fraction of sp³-hybridized carbons (Fsp3) is 1.00. The van der Waals surface area contributed by atoms with Crippen molar-refractivity contribution in [3.63, 3.8) is 0 Å². The highest BCUT2D eigenvalue weighted by Crippen LogP contribution is 2.19. The van der Waals surface area contributed by atoms with Crippen molar-refractivity contribution in [3.8, 4) is 0 Å². The predicted molar refractivity (Wildman–Crippen MR) is 54.5 cm³/mol. The molecule has 11 heavy (non-hydrogen) atoms. The van der Waals surface area contributed by atoms with E-state index in [9.17, 15) is 0 Å². The molecule has 0 spiro atoms. The topological polar surface area (TPSA) is 26.0 Å². The van der Waals surface area contributed by atoms with Gasteiger partial charge in [0.25, 0.3) is 0 Å². The molecule has 0 aliphatic rings. The fourth-order valence-electron chi connectivity index (χ4n) is 1.20. The van der Waals surface area contributed by atoms with E-state index in [-0.39, 0.29) is 0 Å². The maximum absolute atomic E-state index is 5.58. The highest BCUT2D eigenvalue weighted by molar-refractivity contribution is 7.97. The summed E-state index contributed by atoms with van der Waals surface area (Å²) >= 11 is 1.54. The van der Waals surface area contributed by atoms with E-state index in [0.29, 0.717) is 5.25 Å². The van der Waals surface area contributed by atoms with Gasteiger partial charge in [0, 0.05) is 5.25 Å². The molecule has 0 aliphatic heterocycles. The second kappa shape index (κ2) is 6.99. The zero-order valence-corrected chi connectivity index (χ0v) is 8.79. The smallest absolute Gasteiger partial charge is 0.0193 e. The van der Waals surface area contributed by atoms with Gasteiger partial charge >= 0.3 is 0 Å². The Morgan fingerprint density at radius 2 is 2.00 bits per heavy atom. The van der Waals surface area contributed by atoms with Crippen LogP contribution in [-0.2, 0) is 0 Å². The van der Waals surface area contributed by atoms with E-state index in [1.165, 1.54) is 37.6 Å². The summed E-state index contributed by atoms with van der Waals surface area (Å²) in [6.07, 6.45) is 5.16. The molecule has 2 N–H and O–H groups in total. The van der Waals surface area contributed by atoms with Gasteiger partial charge in [-0.3, -0.25) is 5.14 Å². The molecule has 0 fully saturated rings. The molecule has 68 valence electrons.